The molecule has 1 heterocycles. The number of rotatable bonds is 4. The second-order valence-electron chi connectivity index (χ2n) is 3.03. The van der Waals surface area contributed by atoms with Crippen molar-refractivity contribution in [2.75, 3.05) is 11.9 Å². The summed E-state index contributed by atoms with van der Waals surface area (Å²) in [7, 11) is 0. The Hall–Kier alpha value is -1.23. The normalized spacial score (nSPS) is 12.6. The Kier molecular flexibility index (Phi) is 3.76. The molecule has 0 aliphatic heterocycles. The van der Waals surface area contributed by atoms with Gasteiger partial charge in [-0.3, -0.25) is 0 Å². The van der Waals surface area contributed by atoms with Gasteiger partial charge in [0.2, 0.25) is 0 Å². The molecule has 0 saturated heterocycles. The van der Waals surface area contributed by atoms with E-state index in [4.69, 9.17) is 5.73 Å². The van der Waals surface area contributed by atoms with Gasteiger partial charge in [-0.25, -0.2) is 13.8 Å². The molecular formula is C9H13F2N3. The van der Waals surface area contributed by atoms with Crippen LogP contribution in [0, 0.1) is 11.6 Å². The number of nitrogens with zero attached hydrogens (tertiary/aromatic N) is 1. The zero-order valence-corrected chi connectivity index (χ0v) is 7.93. The van der Waals surface area contributed by atoms with E-state index < -0.39 is 11.6 Å². The number of pyridine rings is 1. The van der Waals surface area contributed by atoms with Crippen molar-refractivity contribution in [1.82, 2.24) is 4.98 Å². The zero-order chi connectivity index (χ0) is 10.6. The average Bonchev–Trinajstić information content (AvgIpc) is 2.16. The molecule has 0 amide bonds. The van der Waals surface area contributed by atoms with Crippen LogP contribution in [0.1, 0.15) is 13.3 Å². The Bertz CT molecular complexity index is 304. The molecule has 1 aromatic rings. The number of anilines is 1. The van der Waals surface area contributed by atoms with Crippen LogP contribution in [0.5, 0.6) is 0 Å². The number of nitrogens with one attached hydrogen (secondary N) is 1. The van der Waals surface area contributed by atoms with Crippen LogP contribution in [0.2, 0.25) is 0 Å². The number of hydrogen-bond donors (Lipinski definition) is 2. The Morgan fingerprint density at radius 2 is 2.29 bits per heavy atom. The third-order valence-corrected chi connectivity index (χ3v) is 1.86. The highest BCUT2D eigenvalue weighted by atomic mass is 19.1. The van der Waals surface area contributed by atoms with Crippen LogP contribution in [0.3, 0.4) is 0 Å². The third kappa shape index (κ3) is 2.92. The van der Waals surface area contributed by atoms with Gasteiger partial charge < -0.3 is 11.1 Å². The Labute approximate surface area is 81.3 Å². The molecule has 0 aliphatic rings. The average molecular weight is 201 g/mol. The van der Waals surface area contributed by atoms with E-state index in [9.17, 15) is 8.78 Å². The molecule has 1 aromatic heterocycles. The first kappa shape index (κ1) is 10.8. The lowest BCUT2D eigenvalue weighted by molar-refractivity contribution is 0.573. The van der Waals surface area contributed by atoms with E-state index in [2.05, 4.69) is 10.3 Å². The molecule has 0 spiro atoms. The maximum atomic E-state index is 13.0. The number of halogens is 2. The van der Waals surface area contributed by atoms with Gasteiger partial charge in [-0.15, -0.1) is 0 Å². The summed E-state index contributed by atoms with van der Waals surface area (Å²) >= 11 is 0. The largest absolute Gasteiger partial charge is 0.366 e. The Morgan fingerprint density at radius 1 is 1.57 bits per heavy atom. The predicted molar refractivity (Wildman–Crippen MR) is 50.9 cm³/mol. The van der Waals surface area contributed by atoms with Crippen molar-refractivity contribution < 1.29 is 8.78 Å². The number of aromatic nitrogens is 1. The number of nitrogens with two attached hydrogens (primary N) is 1. The smallest absolute Gasteiger partial charge is 0.168 e. The van der Waals surface area contributed by atoms with Crippen molar-refractivity contribution in [3.05, 3.63) is 23.9 Å². The first-order valence-electron chi connectivity index (χ1n) is 4.44. The summed E-state index contributed by atoms with van der Waals surface area (Å²) in [4.78, 5) is 3.57. The molecule has 78 valence electrons. The summed E-state index contributed by atoms with van der Waals surface area (Å²) in [5.74, 6) is -1.35. The maximum Gasteiger partial charge on any atom is 0.168 e. The van der Waals surface area contributed by atoms with Gasteiger partial charge in [-0.2, -0.15) is 0 Å². The van der Waals surface area contributed by atoms with Gasteiger partial charge in [-0.1, -0.05) is 6.92 Å². The van der Waals surface area contributed by atoms with Crippen molar-refractivity contribution in [1.29, 1.82) is 0 Å². The van der Waals surface area contributed by atoms with Crippen molar-refractivity contribution in [3.63, 3.8) is 0 Å². The van der Waals surface area contributed by atoms with E-state index in [0.717, 1.165) is 18.7 Å². The molecule has 0 aromatic carbocycles. The quantitative estimate of drug-likeness (QED) is 0.776. The van der Waals surface area contributed by atoms with Gasteiger partial charge in [0.1, 0.15) is 5.82 Å². The molecule has 0 bridgehead atoms. The Morgan fingerprint density at radius 3 is 2.86 bits per heavy atom. The van der Waals surface area contributed by atoms with Crippen LogP contribution < -0.4 is 11.1 Å². The van der Waals surface area contributed by atoms with Crippen LogP contribution in [0.4, 0.5) is 14.6 Å². The second-order valence-corrected chi connectivity index (χ2v) is 3.03. The fraction of sp³-hybridized carbons (Fsp3) is 0.444. The van der Waals surface area contributed by atoms with Crippen molar-refractivity contribution in [3.8, 4) is 0 Å². The van der Waals surface area contributed by atoms with E-state index in [-0.39, 0.29) is 11.9 Å². The van der Waals surface area contributed by atoms with Crippen LogP contribution in [-0.2, 0) is 0 Å². The lowest BCUT2D eigenvalue weighted by atomic mass is 10.2. The molecule has 0 radical (unpaired) electrons. The highest BCUT2D eigenvalue weighted by molar-refractivity contribution is 5.35. The molecule has 1 rings (SSSR count). The zero-order valence-electron chi connectivity index (χ0n) is 7.93. The van der Waals surface area contributed by atoms with Gasteiger partial charge >= 0.3 is 0 Å². The fourth-order valence-electron chi connectivity index (χ4n) is 0.917. The summed E-state index contributed by atoms with van der Waals surface area (Å²) in [6, 6.07) is 0.730. The minimum Gasteiger partial charge on any atom is -0.366 e. The first-order chi connectivity index (χ1) is 6.63. The van der Waals surface area contributed by atoms with Crippen LogP contribution in [0.15, 0.2) is 12.3 Å². The lowest BCUT2D eigenvalue weighted by Crippen LogP contribution is -2.28. The molecule has 14 heavy (non-hydrogen) atoms. The molecule has 1 unspecified atom stereocenters. The van der Waals surface area contributed by atoms with Gasteiger partial charge in [0.05, 0.1) is 6.20 Å². The maximum absolute atomic E-state index is 13.0. The minimum atomic E-state index is -0.701. The molecule has 0 saturated carbocycles. The molecule has 0 fully saturated rings. The molecule has 3 nitrogen and oxygen atoms in total. The monoisotopic (exact) mass is 201 g/mol. The van der Waals surface area contributed by atoms with Gasteiger partial charge in [0.15, 0.2) is 11.6 Å². The Balaban J connectivity index is 2.59. The standard InChI is InChI=1S/C9H13F2N3/c1-2-7(12)5-14-9-8(11)3-6(10)4-13-9/h3-4,7H,2,5,12H2,1H3,(H,13,14). The molecule has 1 atom stereocenters. The van der Waals surface area contributed by atoms with Crippen LogP contribution >= 0.6 is 0 Å². The second kappa shape index (κ2) is 4.85. The third-order valence-electron chi connectivity index (χ3n) is 1.86. The molecule has 5 heteroatoms. The van der Waals surface area contributed by atoms with Crippen molar-refractivity contribution in [2.24, 2.45) is 5.73 Å². The summed E-state index contributed by atoms with van der Waals surface area (Å²) in [5, 5.41) is 2.71. The van der Waals surface area contributed by atoms with Gasteiger partial charge in [0.25, 0.3) is 0 Å². The first-order valence-corrected chi connectivity index (χ1v) is 4.44. The van der Waals surface area contributed by atoms with Crippen molar-refractivity contribution >= 4 is 5.82 Å². The summed E-state index contributed by atoms with van der Waals surface area (Å²) in [6.07, 6.45) is 1.75. The van der Waals surface area contributed by atoms with Crippen molar-refractivity contribution in [2.45, 2.75) is 19.4 Å². The highest BCUT2D eigenvalue weighted by Gasteiger charge is 2.06. The molecule has 3 N–H and O–H groups in total. The van der Waals surface area contributed by atoms with Crippen LogP contribution in [-0.4, -0.2) is 17.6 Å². The minimum absolute atomic E-state index is 0.0373. The SMILES string of the molecule is CCC(N)CNc1ncc(F)cc1F. The van der Waals surface area contributed by atoms with E-state index >= 15 is 0 Å². The van der Waals surface area contributed by atoms with E-state index in [0.29, 0.717) is 6.54 Å². The summed E-state index contributed by atoms with van der Waals surface area (Å²) in [6.45, 7) is 2.35. The van der Waals surface area contributed by atoms with Gasteiger partial charge in [-0.05, 0) is 6.42 Å². The summed E-state index contributed by atoms with van der Waals surface area (Å²) in [5.41, 5.74) is 5.61. The lowest BCUT2D eigenvalue weighted by Gasteiger charge is -2.10. The predicted octanol–water partition coefficient (Wildman–Crippen LogP) is 1.51. The van der Waals surface area contributed by atoms with Gasteiger partial charge in [0, 0.05) is 18.7 Å². The fourth-order valence-corrected chi connectivity index (χ4v) is 0.917. The highest BCUT2D eigenvalue weighted by Crippen LogP contribution is 2.10. The number of hydrogen-bond acceptors (Lipinski definition) is 3. The van der Waals surface area contributed by atoms with E-state index in [1.54, 1.807) is 0 Å². The summed E-state index contributed by atoms with van der Waals surface area (Å²) < 4.78 is 25.5. The molecular weight excluding hydrogens is 188 g/mol. The van der Waals surface area contributed by atoms with E-state index in [1.807, 2.05) is 6.92 Å². The van der Waals surface area contributed by atoms with E-state index in [1.165, 1.54) is 0 Å². The van der Waals surface area contributed by atoms with Crippen LogP contribution in [0.25, 0.3) is 0 Å². The molecule has 0 aliphatic carbocycles. The topological polar surface area (TPSA) is 50.9 Å².